The van der Waals surface area contributed by atoms with Crippen LogP contribution in [-0.2, 0) is 0 Å². The number of hydrogen-bond acceptors (Lipinski definition) is 3. The van der Waals surface area contributed by atoms with Crippen LogP contribution < -0.4 is 4.74 Å². The SMILES string of the molecule is CC(C)Oc1ccn(-c2cccnc2)n1. The maximum Gasteiger partial charge on any atom is 0.233 e. The molecule has 0 aliphatic carbocycles. The number of pyridine rings is 1. The Morgan fingerprint density at radius 1 is 1.33 bits per heavy atom. The number of rotatable bonds is 3. The highest BCUT2D eigenvalue weighted by atomic mass is 16.5. The molecule has 0 saturated carbocycles. The van der Waals surface area contributed by atoms with E-state index >= 15 is 0 Å². The summed E-state index contributed by atoms with van der Waals surface area (Å²) in [6, 6.07) is 5.66. The zero-order chi connectivity index (χ0) is 10.7. The first-order chi connectivity index (χ1) is 7.25. The molecule has 2 aromatic heterocycles. The Hall–Kier alpha value is -1.84. The quantitative estimate of drug-likeness (QED) is 0.766. The molecule has 0 unspecified atom stereocenters. The monoisotopic (exact) mass is 203 g/mol. The average Bonchev–Trinajstić information content (AvgIpc) is 2.67. The van der Waals surface area contributed by atoms with Crippen molar-refractivity contribution in [3.05, 3.63) is 36.8 Å². The van der Waals surface area contributed by atoms with Crippen molar-refractivity contribution in [2.24, 2.45) is 0 Å². The highest BCUT2D eigenvalue weighted by molar-refractivity contribution is 5.27. The lowest BCUT2D eigenvalue weighted by atomic mass is 10.4. The fourth-order valence-corrected chi connectivity index (χ4v) is 1.24. The van der Waals surface area contributed by atoms with Crippen molar-refractivity contribution in [1.82, 2.24) is 14.8 Å². The van der Waals surface area contributed by atoms with Gasteiger partial charge in [0.2, 0.25) is 5.88 Å². The summed E-state index contributed by atoms with van der Waals surface area (Å²) in [5.41, 5.74) is 0.927. The number of aromatic nitrogens is 3. The van der Waals surface area contributed by atoms with E-state index in [9.17, 15) is 0 Å². The zero-order valence-electron chi connectivity index (χ0n) is 8.79. The van der Waals surface area contributed by atoms with Crippen LogP contribution in [0.25, 0.3) is 5.69 Å². The summed E-state index contributed by atoms with van der Waals surface area (Å²) < 4.78 is 7.20. The highest BCUT2D eigenvalue weighted by Crippen LogP contribution is 2.11. The molecule has 0 N–H and O–H groups in total. The Morgan fingerprint density at radius 3 is 2.87 bits per heavy atom. The second-order valence-electron chi connectivity index (χ2n) is 3.48. The maximum atomic E-state index is 5.46. The molecule has 2 rings (SSSR count). The summed E-state index contributed by atoms with van der Waals surface area (Å²) in [5.74, 6) is 0.633. The van der Waals surface area contributed by atoms with Crippen LogP contribution in [0.2, 0.25) is 0 Å². The van der Waals surface area contributed by atoms with Gasteiger partial charge in [-0.2, -0.15) is 0 Å². The lowest BCUT2D eigenvalue weighted by Crippen LogP contribution is -2.06. The fraction of sp³-hybridized carbons (Fsp3) is 0.273. The van der Waals surface area contributed by atoms with Crippen molar-refractivity contribution in [3.63, 3.8) is 0 Å². The van der Waals surface area contributed by atoms with Crippen molar-refractivity contribution < 1.29 is 4.74 Å². The van der Waals surface area contributed by atoms with Gasteiger partial charge in [0.25, 0.3) is 0 Å². The van der Waals surface area contributed by atoms with Gasteiger partial charge in [0.1, 0.15) is 0 Å². The van der Waals surface area contributed by atoms with Gasteiger partial charge in [-0.05, 0) is 26.0 Å². The van der Waals surface area contributed by atoms with Gasteiger partial charge in [0.05, 0.1) is 18.0 Å². The van der Waals surface area contributed by atoms with Crippen molar-refractivity contribution in [2.45, 2.75) is 20.0 Å². The largest absolute Gasteiger partial charge is 0.474 e. The van der Waals surface area contributed by atoms with Gasteiger partial charge in [0.15, 0.2) is 0 Å². The van der Waals surface area contributed by atoms with Crippen LogP contribution in [0.1, 0.15) is 13.8 Å². The minimum Gasteiger partial charge on any atom is -0.474 e. The molecule has 0 amide bonds. The van der Waals surface area contributed by atoms with Gasteiger partial charge in [-0.15, -0.1) is 5.10 Å². The molecule has 0 aliphatic heterocycles. The van der Waals surface area contributed by atoms with Crippen LogP contribution in [0.5, 0.6) is 5.88 Å². The second-order valence-corrected chi connectivity index (χ2v) is 3.48. The van der Waals surface area contributed by atoms with Crippen LogP contribution in [0.15, 0.2) is 36.8 Å². The van der Waals surface area contributed by atoms with Crippen molar-refractivity contribution in [1.29, 1.82) is 0 Å². The lowest BCUT2D eigenvalue weighted by Gasteiger charge is -2.05. The maximum absolute atomic E-state index is 5.46. The molecule has 4 heteroatoms. The standard InChI is InChI=1S/C11H13N3O/c1-9(2)15-11-5-7-14(13-11)10-4-3-6-12-8-10/h3-9H,1-2H3. The molecule has 2 aromatic rings. The van der Waals surface area contributed by atoms with E-state index in [1.165, 1.54) is 0 Å². The van der Waals surface area contributed by atoms with Crippen LogP contribution in [0, 0.1) is 0 Å². The molecular formula is C11H13N3O. The molecule has 78 valence electrons. The van der Waals surface area contributed by atoms with Crippen LogP contribution in [0.4, 0.5) is 0 Å². The Labute approximate surface area is 88.5 Å². The summed E-state index contributed by atoms with van der Waals surface area (Å²) in [5, 5.41) is 4.28. The van der Waals surface area contributed by atoms with E-state index in [-0.39, 0.29) is 6.10 Å². The van der Waals surface area contributed by atoms with Gasteiger partial charge < -0.3 is 4.74 Å². The van der Waals surface area contributed by atoms with Gasteiger partial charge in [-0.25, -0.2) is 4.68 Å². The van der Waals surface area contributed by atoms with Crippen LogP contribution in [0.3, 0.4) is 0 Å². The summed E-state index contributed by atoms with van der Waals surface area (Å²) in [4.78, 5) is 4.03. The van der Waals surface area contributed by atoms with Gasteiger partial charge in [0, 0.05) is 18.5 Å². The van der Waals surface area contributed by atoms with E-state index in [2.05, 4.69) is 10.1 Å². The molecule has 4 nitrogen and oxygen atoms in total. The summed E-state index contributed by atoms with van der Waals surface area (Å²) >= 11 is 0. The third kappa shape index (κ3) is 2.34. The first-order valence-corrected chi connectivity index (χ1v) is 4.88. The first kappa shape index (κ1) is 9.71. The zero-order valence-corrected chi connectivity index (χ0v) is 8.79. The van der Waals surface area contributed by atoms with Crippen molar-refractivity contribution >= 4 is 0 Å². The van der Waals surface area contributed by atoms with Gasteiger partial charge in [-0.1, -0.05) is 0 Å². The first-order valence-electron chi connectivity index (χ1n) is 4.88. The predicted molar refractivity (Wildman–Crippen MR) is 57.1 cm³/mol. The number of ether oxygens (including phenoxy) is 1. The fourth-order valence-electron chi connectivity index (χ4n) is 1.24. The Kier molecular flexibility index (Phi) is 2.67. The molecule has 0 aliphatic rings. The highest BCUT2D eigenvalue weighted by Gasteiger charge is 2.03. The van der Waals surface area contributed by atoms with E-state index in [1.807, 2.05) is 38.2 Å². The van der Waals surface area contributed by atoms with Crippen LogP contribution in [-0.4, -0.2) is 20.9 Å². The normalized spacial score (nSPS) is 10.6. The lowest BCUT2D eigenvalue weighted by molar-refractivity contribution is 0.231. The number of hydrogen-bond donors (Lipinski definition) is 0. The molecule has 0 fully saturated rings. The third-order valence-corrected chi connectivity index (χ3v) is 1.83. The summed E-state index contributed by atoms with van der Waals surface area (Å²) in [7, 11) is 0. The molecule has 0 aromatic carbocycles. The van der Waals surface area contributed by atoms with Gasteiger partial charge >= 0.3 is 0 Å². The molecular weight excluding hydrogens is 190 g/mol. The average molecular weight is 203 g/mol. The third-order valence-electron chi connectivity index (χ3n) is 1.83. The summed E-state index contributed by atoms with van der Waals surface area (Å²) in [6.45, 7) is 3.95. The topological polar surface area (TPSA) is 39.9 Å². The summed E-state index contributed by atoms with van der Waals surface area (Å²) in [6.07, 6.45) is 5.49. The molecule has 0 bridgehead atoms. The van der Waals surface area contributed by atoms with E-state index in [0.717, 1.165) is 5.69 Å². The Morgan fingerprint density at radius 2 is 2.20 bits per heavy atom. The molecule has 0 spiro atoms. The molecule has 2 heterocycles. The minimum absolute atomic E-state index is 0.141. The van der Waals surface area contributed by atoms with Crippen molar-refractivity contribution in [3.8, 4) is 11.6 Å². The van der Waals surface area contributed by atoms with E-state index in [0.29, 0.717) is 5.88 Å². The van der Waals surface area contributed by atoms with E-state index < -0.39 is 0 Å². The van der Waals surface area contributed by atoms with Crippen molar-refractivity contribution in [2.75, 3.05) is 0 Å². The Bertz CT molecular complexity index is 422. The van der Waals surface area contributed by atoms with E-state index in [4.69, 9.17) is 4.74 Å². The molecule has 0 atom stereocenters. The smallest absolute Gasteiger partial charge is 0.233 e. The molecule has 0 radical (unpaired) electrons. The molecule has 15 heavy (non-hydrogen) atoms. The number of nitrogens with zero attached hydrogens (tertiary/aromatic N) is 3. The predicted octanol–water partition coefficient (Wildman–Crippen LogP) is 2.05. The molecule has 0 saturated heterocycles. The van der Waals surface area contributed by atoms with Crippen LogP contribution >= 0.6 is 0 Å². The second kappa shape index (κ2) is 4.13. The minimum atomic E-state index is 0.141. The van der Waals surface area contributed by atoms with Gasteiger partial charge in [-0.3, -0.25) is 4.98 Å². The van der Waals surface area contributed by atoms with E-state index in [1.54, 1.807) is 17.1 Å². The Balaban J connectivity index is 2.21.